The van der Waals surface area contributed by atoms with Crippen LogP contribution >= 0.6 is 11.6 Å². The predicted molar refractivity (Wildman–Crippen MR) is 75.3 cm³/mol. The third-order valence-electron chi connectivity index (χ3n) is 3.07. The van der Waals surface area contributed by atoms with Gasteiger partial charge >= 0.3 is 0 Å². The number of aromatic nitrogens is 3. The summed E-state index contributed by atoms with van der Waals surface area (Å²) in [4.78, 5) is 8.61. The molecule has 4 nitrogen and oxygen atoms in total. The minimum Gasteiger partial charge on any atom is -0.507 e. The Balaban J connectivity index is 2.30. The number of rotatable bonds is 2. The van der Waals surface area contributed by atoms with Gasteiger partial charge in [0.25, 0.3) is 0 Å². The molecule has 96 valence electrons. The van der Waals surface area contributed by atoms with Crippen LogP contribution in [0.5, 0.6) is 5.75 Å². The molecule has 0 saturated heterocycles. The van der Waals surface area contributed by atoms with Gasteiger partial charge in [-0.25, -0.2) is 4.98 Å². The Morgan fingerprint density at radius 2 is 2.16 bits per heavy atom. The van der Waals surface area contributed by atoms with Crippen molar-refractivity contribution in [2.24, 2.45) is 0 Å². The Kier molecular flexibility index (Phi) is 2.87. The normalized spacial score (nSPS) is 11.1. The first-order chi connectivity index (χ1) is 9.20. The van der Waals surface area contributed by atoms with Crippen LogP contribution in [0.3, 0.4) is 0 Å². The highest BCUT2D eigenvalue weighted by Crippen LogP contribution is 2.32. The summed E-state index contributed by atoms with van der Waals surface area (Å²) in [6, 6.07) is 6.96. The van der Waals surface area contributed by atoms with Crippen molar-refractivity contribution in [3.8, 4) is 17.1 Å². The maximum absolute atomic E-state index is 10.0. The van der Waals surface area contributed by atoms with Gasteiger partial charge in [0.05, 0.1) is 17.3 Å². The van der Waals surface area contributed by atoms with Gasteiger partial charge in [0.15, 0.2) is 0 Å². The highest BCUT2D eigenvalue weighted by atomic mass is 35.5. The molecule has 0 aliphatic rings. The van der Waals surface area contributed by atoms with Gasteiger partial charge in [0.1, 0.15) is 17.1 Å². The van der Waals surface area contributed by atoms with E-state index in [0.29, 0.717) is 10.6 Å². The molecule has 0 saturated carbocycles. The number of nitrogens with zero attached hydrogens (tertiary/aromatic N) is 3. The lowest BCUT2D eigenvalue weighted by Crippen LogP contribution is -1.97. The summed E-state index contributed by atoms with van der Waals surface area (Å²) in [5, 5.41) is 10.5. The number of pyridine rings is 1. The number of hydrogen-bond donors (Lipinski definition) is 1. The molecule has 0 atom stereocenters. The summed E-state index contributed by atoms with van der Waals surface area (Å²) in [5.41, 5.74) is 2.48. The maximum Gasteiger partial charge on any atom is 0.144 e. The Bertz CT molecular complexity index is 752. The van der Waals surface area contributed by atoms with Crippen LogP contribution in [0.15, 0.2) is 36.7 Å². The second-order valence-electron chi connectivity index (χ2n) is 4.21. The fourth-order valence-corrected chi connectivity index (χ4v) is 2.37. The Labute approximate surface area is 115 Å². The molecule has 2 aromatic heterocycles. The molecule has 1 N–H and O–H groups in total. The fourth-order valence-electron chi connectivity index (χ4n) is 2.20. The van der Waals surface area contributed by atoms with Gasteiger partial charge in [-0.15, -0.1) is 0 Å². The van der Waals surface area contributed by atoms with Crippen molar-refractivity contribution in [2.75, 3.05) is 0 Å². The van der Waals surface area contributed by atoms with Crippen LogP contribution in [0, 0.1) is 0 Å². The van der Waals surface area contributed by atoms with E-state index in [9.17, 15) is 5.11 Å². The van der Waals surface area contributed by atoms with Crippen LogP contribution in [-0.4, -0.2) is 19.6 Å². The van der Waals surface area contributed by atoms with Gasteiger partial charge in [0, 0.05) is 17.8 Å². The first kappa shape index (κ1) is 12.0. The zero-order valence-electron chi connectivity index (χ0n) is 10.3. The molecule has 5 heteroatoms. The summed E-state index contributed by atoms with van der Waals surface area (Å²) >= 11 is 5.86. The number of fused-ring (bicyclic) bond motifs is 1. The van der Waals surface area contributed by atoms with Crippen molar-refractivity contribution in [3.63, 3.8) is 0 Å². The molecule has 0 radical (unpaired) electrons. The van der Waals surface area contributed by atoms with Crippen LogP contribution < -0.4 is 0 Å². The summed E-state index contributed by atoms with van der Waals surface area (Å²) < 4.78 is 2.04. The third-order valence-corrected chi connectivity index (χ3v) is 3.30. The van der Waals surface area contributed by atoms with Gasteiger partial charge in [-0.05, 0) is 31.2 Å². The molecular formula is C14H12ClN3O. The summed E-state index contributed by atoms with van der Waals surface area (Å²) in [7, 11) is 0. The molecule has 3 aromatic rings. The average molecular weight is 274 g/mol. The van der Waals surface area contributed by atoms with Crippen LogP contribution in [0.25, 0.3) is 22.4 Å². The molecule has 3 rings (SSSR count). The molecule has 0 aliphatic carbocycles. The second-order valence-corrected chi connectivity index (χ2v) is 4.64. The number of aryl methyl sites for hydroxylation is 1. The first-order valence-electron chi connectivity index (χ1n) is 6.00. The molecule has 0 unspecified atom stereocenters. The Morgan fingerprint density at radius 3 is 2.89 bits per heavy atom. The molecule has 1 aromatic carbocycles. The van der Waals surface area contributed by atoms with E-state index in [0.717, 1.165) is 23.4 Å². The monoisotopic (exact) mass is 273 g/mol. The lowest BCUT2D eigenvalue weighted by molar-refractivity contribution is 0.476. The van der Waals surface area contributed by atoms with Gasteiger partial charge < -0.3 is 9.67 Å². The van der Waals surface area contributed by atoms with Gasteiger partial charge in [0.2, 0.25) is 0 Å². The fraction of sp³-hybridized carbons (Fsp3) is 0.143. The minimum atomic E-state index is 0.130. The number of benzene rings is 1. The van der Waals surface area contributed by atoms with Crippen molar-refractivity contribution >= 4 is 22.6 Å². The third kappa shape index (κ3) is 1.94. The smallest absolute Gasteiger partial charge is 0.144 e. The van der Waals surface area contributed by atoms with E-state index in [-0.39, 0.29) is 5.75 Å². The maximum atomic E-state index is 10.0. The van der Waals surface area contributed by atoms with E-state index in [4.69, 9.17) is 11.6 Å². The minimum absolute atomic E-state index is 0.130. The number of phenolic OH excluding ortho intramolecular Hbond substituents is 1. The van der Waals surface area contributed by atoms with Crippen LogP contribution in [0.1, 0.15) is 6.92 Å². The average Bonchev–Trinajstić information content (AvgIpc) is 2.76. The number of halogens is 1. The van der Waals surface area contributed by atoms with Gasteiger partial charge in [-0.1, -0.05) is 11.6 Å². The first-order valence-corrected chi connectivity index (χ1v) is 6.37. The molecule has 0 aliphatic heterocycles. The number of aromatic hydroxyl groups is 1. The standard InChI is InChI=1S/C14H12ClN3O/c1-2-18-12-5-6-16-8-11(12)17-14(18)10-4-3-9(15)7-13(10)19/h3-8,19H,2H2,1H3. The molecule has 19 heavy (non-hydrogen) atoms. The zero-order valence-corrected chi connectivity index (χ0v) is 11.1. The zero-order chi connectivity index (χ0) is 13.4. The van der Waals surface area contributed by atoms with E-state index in [1.165, 1.54) is 6.07 Å². The number of phenols is 1. The molecule has 2 heterocycles. The Hall–Kier alpha value is -2.07. The topological polar surface area (TPSA) is 50.9 Å². The molecular weight excluding hydrogens is 262 g/mol. The quantitative estimate of drug-likeness (QED) is 0.778. The number of hydrogen-bond acceptors (Lipinski definition) is 3. The van der Waals surface area contributed by atoms with E-state index in [2.05, 4.69) is 9.97 Å². The SMILES string of the molecule is CCn1c(-c2ccc(Cl)cc2O)nc2cnccc21. The van der Waals surface area contributed by atoms with E-state index >= 15 is 0 Å². The summed E-state index contributed by atoms with van der Waals surface area (Å²) in [6.07, 6.45) is 3.46. The van der Waals surface area contributed by atoms with Gasteiger partial charge in [-0.2, -0.15) is 0 Å². The molecule has 0 bridgehead atoms. The van der Waals surface area contributed by atoms with Crippen LogP contribution in [0.4, 0.5) is 0 Å². The van der Waals surface area contributed by atoms with Crippen molar-refractivity contribution in [1.82, 2.24) is 14.5 Å². The molecule has 0 fully saturated rings. The van der Waals surface area contributed by atoms with Crippen molar-refractivity contribution in [3.05, 3.63) is 41.7 Å². The van der Waals surface area contributed by atoms with E-state index < -0.39 is 0 Å². The summed E-state index contributed by atoms with van der Waals surface area (Å²) in [5.74, 6) is 0.852. The van der Waals surface area contributed by atoms with E-state index in [1.54, 1.807) is 24.5 Å². The highest BCUT2D eigenvalue weighted by molar-refractivity contribution is 6.30. The highest BCUT2D eigenvalue weighted by Gasteiger charge is 2.14. The summed E-state index contributed by atoms with van der Waals surface area (Å²) in [6.45, 7) is 2.80. The van der Waals surface area contributed by atoms with Crippen molar-refractivity contribution in [2.45, 2.75) is 13.5 Å². The van der Waals surface area contributed by atoms with Crippen molar-refractivity contribution in [1.29, 1.82) is 0 Å². The molecule has 0 spiro atoms. The number of imidazole rings is 1. The van der Waals surface area contributed by atoms with Crippen LogP contribution in [-0.2, 0) is 6.54 Å². The molecule has 0 amide bonds. The van der Waals surface area contributed by atoms with Crippen LogP contribution in [0.2, 0.25) is 5.02 Å². The predicted octanol–water partition coefficient (Wildman–Crippen LogP) is 3.48. The lowest BCUT2D eigenvalue weighted by atomic mass is 10.2. The van der Waals surface area contributed by atoms with E-state index in [1.807, 2.05) is 17.6 Å². The lowest BCUT2D eigenvalue weighted by Gasteiger charge is -2.07. The van der Waals surface area contributed by atoms with Crippen molar-refractivity contribution < 1.29 is 5.11 Å². The van der Waals surface area contributed by atoms with Gasteiger partial charge in [-0.3, -0.25) is 4.98 Å². The Morgan fingerprint density at radius 1 is 1.32 bits per heavy atom. The largest absolute Gasteiger partial charge is 0.507 e. The second kappa shape index (κ2) is 4.55.